The van der Waals surface area contributed by atoms with Gasteiger partial charge < -0.3 is 14.5 Å². The number of hydrogen-bond donors (Lipinski definition) is 1. The zero-order chi connectivity index (χ0) is 27.6. The van der Waals surface area contributed by atoms with Gasteiger partial charge in [-0.2, -0.15) is 18.3 Å². The van der Waals surface area contributed by atoms with Crippen LogP contribution in [0.4, 0.5) is 18.9 Å². The van der Waals surface area contributed by atoms with Crippen molar-refractivity contribution in [2.45, 2.75) is 55.5 Å². The van der Waals surface area contributed by atoms with Crippen LogP contribution < -0.4 is 9.64 Å². The Morgan fingerprint density at radius 2 is 1.77 bits per heavy atom. The molecule has 2 aliphatic carbocycles. The Morgan fingerprint density at radius 3 is 2.40 bits per heavy atom. The van der Waals surface area contributed by atoms with Gasteiger partial charge in [0.2, 0.25) is 0 Å². The zero-order valence-electron chi connectivity index (χ0n) is 22.5. The summed E-state index contributed by atoms with van der Waals surface area (Å²) >= 11 is 0. The highest BCUT2D eigenvalue weighted by Crippen LogP contribution is 2.64. The number of amides is 1. The highest BCUT2D eigenvalue weighted by atomic mass is 19.4. The molecule has 2 aromatic carbocycles. The Kier molecular flexibility index (Phi) is 6.00. The molecule has 210 valence electrons. The lowest BCUT2D eigenvalue weighted by molar-refractivity contribution is -0.142. The van der Waals surface area contributed by atoms with Gasteiger partial charge >= 0.3 is 6.18 Å². The minimum atomic E-state index is -4.63. The molecule has 9 heteroatoms. The number of ether oxygens (including phenoxy) is 1. The van der Waals surface area contributed by atoms with Crippen LogP contribution in [0.3, 0.4) is 0 Å². The molecular formula is C31H33F3N4O2. The number of nitrogens with one attached hydrogen (secondary N) is 1. The van der Waals surface area contributed by atoms with E-state index in [1.165, 1.54) is 31.2 Å². The SMILES string of the molecule is COc1ccc(C2CC23CN(c2ccc(C(CN4CCCC4)C4CC4)cc2)C(=O)c2n[nH]c(C(F)(F)F)c23)cc1. The fraction of sp³-hybridized carbons (Fsp3) is 0.484. The fourth-order valence-corrected chi connectivity index (χ4v) is 7.16. The molecule has 2 saturated carbocycles. The third-order valence-corrected chi connectivity index (χ3v) is 9.51. The van der Waals surface area contributed by atoms with Crippen LogP contribution in [0.5, 0.6) is 5.75 Å². The van der Waals surface area contributed by atoms with Gasteiger partial charge in [0, 0.05) is 29.8 Å². The van der Waals surface area contributed by atoms with Crippen molar-refractivity contribution in [3.8, 4) is 5.75 Å². The summed E-state index contributed by atoms with van der Waals surface area (Å²) in [5.74, 6) is 1.22. The first-order valence-corrected chi connectivity index (χ1v) is 14.2. The third kappa shape index (κ3) is 4.29. The number of rotatable bonds is 7. The monoisotopic (exact) mass is 550 g/mol. The molecule has 40 heavy (non-hydrogen) atoms. The van der Waals surface area contributed by atoms with Crippen LogP contribution in [0.2, 0.25) is 0 Å². The van der Waals surface area contributed by atoms with Crippen molar-refractivity contribution < 1.29 is 22.7 Å². The Morgan fingerprint density at radius 1 is 1.07 bits per heavy atom. The Bertz CT molecular complexity index is 1410. The number of halogens is 3. The molecule has 1 spiro atoms. The van der Waals surface area contributed by atoms with E-state index >= 15 is 0 Å². The summed E-state index contributed by atoms with van der Waals surface area (Å²) in [6.45, 7) is 3.56. The summed E-state index contributed by atoms with van der Waals surface area (Å²) in [5, 5.41) is 6.12. The van der Waals surface area contributed by atoms with Gasteiger partial charge in [-0.3, -0.25) is 9.89 Å². The number of anilines is 1. The normalized spacial score (nSPS) is 25.4. The molecule has 3 fully saturated rings. The van der Waals surface area contributed by atoms with Crippen molar-refractivity contribution in [3.05, 3.63) is 76.6 Å². The molecule has 6 nitrogen and oxygen atoms in total. The highest BCUT2D eigenvalue weighted by molar-refractivity contribution is 6.08. The van der Waals surface area contributed by atoms with Gasteiger partial charge in [-0.25, -0.2) is 0 Å². The van der Waals surface area contributed by atoms with E-state index in [1.54, 1.807) is 12.0 Å². The molecule has 0 bridgehead atoms. The predicted molar refractivity (Wildman–Crippen MR) is 145 cm³/mol. The van der Waals surface area contributed by atoms with Crippen LogP contribution in [0.25, 0.3) is 0 Å². The average Bonchev–Trinajstić information content (AvgIpc) is 3.80. The molecule has 7 rings (SSSR count). The van der Waals surface area contributed by atoms with Gasteiger partial charge in [-0.15, -0.1) is 0 Å². The van der Waals surface area contributed by atoms with E-state index in [0.29, 0.717) is 29.7 Å². The number of hydrogen-bond acceptors (Lipinski definition) is 4. The number of carbonyl (C=O) groups is 1. The van der Waals surface area contributed by atoms with Gasteiger partial charge in [0.15, 0.2) is 5.69 Å². The minimum Gasteiger partial charge on any atom is -0.497 e. The Labute approximate surface area is 231 Å². The number of aromatic nitrogens is 2. The van der Waals surface area contributed by atoms with Crippen LogP contribution in [-0.4, -0.2) is 54.3 Å². The van der Waals surface area contributed by atoms with Gasteiger partial charge in [0.25, 0.3) is 5.91 Å². The second-order valence-electron chi connectivity index (χ2n) is 11.9. The van der Waals surface area contributed by atoms with Crippen molar-refractivity contribution in [3.63, 3.8) is 0 Å². The van der Waals surface area contributed by atoms with Crippen LogP contribution in [-0.2, 0) is 11.6 Å². The first kappa shape index (κ1) is 25.6. The minimum absolute atomic E-state index is 0.0121. The molecule has 1 saturated heterocycles. The van der Waals surface area contributed by atoms with E-state index in [2.05, 4.69) is 27.2 Å². The predicted octanol–water partition coefficient (Wildman–Crippen LogP) is 6.11. The molecule has 3 atom stereocenters. The zero-order valence-corrected chi connectivity index (χ0v) is 22.5. The van der Waals surface area contributed by atoms with Gasteiger partial charge in [0.1, 0.15) is 11.4 Å². The van der Waals surface area contributed by atoms with E-state index in [-0.39, 0.29) is 23.7 Å². The molecule has 1 aromatic heterocycles. The summed E-state index contributed by atoms with van der Waals surface area (Å²) in [6.07, 6.45) is 0.914. The molecule has 1 amide bonds. The summed E-state index contributed by atoms with van der Waals surface area (Å²) in [5.41, 5.74) is 1.03. The van der Waals surface area contributed by atoms with E-state index < -0.39 is 23.2 Å². The van der Waals surface area contributed by atoms with Crippen LogP contribution >= 0.6 is 0 Å². The molecule has 3 heterocycles. The number of benzene rings is 2. The van der Waals surface area contributed by atoms with E-state index in [4.69, 9.17) is 4.74 Å². The largest absolute Gasteiger partial charge is 0.497 e. The fourth-order valence-electron chi connectivity index (χ4n) is 7.16. The van der Waals surface area contributed by atoms with Crippen molar-refractivity contribution in [1.29, 1.82) is 0 Å². The number of methoxy groups -OCH3 is 1. The van der Waals surface area contributed by atoms with Gasteiger partial charge in [0.05, 0.1) is 7.11 Å². The van der Waals surface area contributed by atoms with Gasteiger partial charge in [-0.1, -0.05) is 24.3 Å². The molecule has 3 aromatic rings. The number of carbonyl (C=O) groups excluding carboxylic acids is 1. The summed E-state index contributed by atoms with van der Waals surface area (Å²) in [4.78, 5) is 17.8. The summed E-state index contributed by atoms with van der Waals surface area (Å²) in [6, 6.07) is 15.6. The summed E-state index contributed by atoms with van der Waals surface area (Å²) < 4.78 is 47.5. The number of aromatic amines is 1. The van der Waals surface area contributed by atoms with Crippen LogP contribution in [0, 0.1) is 5.92 Å². The second-order valence-corrected chi connectivity index (χ2v) is 11.9. The van der Waals surface area contributed by atoms with E-state index in [1.807, 2.05) is 36.4 Å². The van der Waals surface area contributed by atoms with Crippen LogP contribution in [0.15, 0.2) is 48.5 Å². The van der Waals surface area contributed by atoms with Crippen molar-refractivity contribution in [1.82, 2.24) is 15.1 Å². The number of alkyl halides is 3. The molecular weight excluding hydrogens is 517 g/mol. The number of H-pyrrole nitrogens is 1. The van der Waals surface area contributed by atoms with Crippen molar-refractivity contribution in [2.24, 2.45) is 5.92 Å². The topological polar surface area (TPSA) is 61.5 Å². The molecule has 2 aliphatic heterocycles. The Balaban J connectivity index is 1.21. The average molecular weight is 551 g/mol. The lowest BCUT2D eigenvalue weighted by Gasteiger charge is -2.34. The van der Waals surface area contributed by atoms with E-state index in [9.17, 15) is 18.0 Å². The first-order chi connectivity index (χ1) is 19.3. The van der Waals surface area contributed by atoms with Crippen LogP contribution in [0.1, 0.15) is 76.8 Å². The Hall–Kier alpha value is -3.33. The summed E-state index contributed by atoms with van der Waals surface area (Å²) in [7, 11) is 1.58. The lowest BCUT2D eigenvalue weighted by Crippen LogP contribution is -2.45. The molecule has 1 N–H and O–H groups in total. The maximum absolute atomic E-state index is 14.1. The maximum atomic E-state index is 14.1. The number of nitrogens with zero attached hydrogens (tertiary/aromatic N) is 3. The van der Waals surface area contributed by atoms with E-state index in [0.717, 1.165) is 25.2 Å². The lowest BCUT2D eigenvalue weighted by atomic mass is 9.84. The quantitative estimate of drug-likeness (QED) is 0.386. The van der Waals surface area contributed by atoms with Crippen molar-refractivity contribution in [2.75, 3.05) is 38.2 Å². The second kappa shape index (κ2) is 9.36. The smallest absolute Gasteiger partial charge is 0.433 e. The third-order valence-electron chi connectivity index (χ3n) is 9.51. The maximum Gasteiger partial charge on any atom is 0.433 e. The number of fused-ring (bicyclic) bond motifs is 2. The molecule has 3 unspecified atom stereocenters. The first-order valence-electron chi connectivity index (χ1n) is 14.2. The van der Waals surface area contributed by atoms with Gasteiger partial charge in [-0.05, 0) is 98.3 Å². The number of likely N-dealkylation sites (tertiary alicyclic amines) is 1. The van der Waals surface area contributed by atoms with Crippen molar-refractivity contribution >= 4 is 11.6 Å². The molecule has 0 radical (unpaired) electrons. The standard InChI is InChI=1S/C31H33F3N4O2/c1-40-23-12-8-21(9-13-23)25-16-30(25)18-38(29(39)27-26(30)28(36-35-27)31(32,33)34)22-10-6-20(7-11-22)24(19-4-5-19)17-37-14-2-3-15-37/h6-13,19,24-25H,2-5,14-18H2,1H3,(H,35,36). The molecule has 4 aliphatic rings. The highest BCUT2D eigenvalue weighted by Gasteiger charge is 2.64.